The van der Waals surface area contributed by atoms with Crippen molar-refractivity contribution in [3.8, 4) is 22.8 Å². The van der Waals surface area contributed by atoms with E-state index in [2.05, 4.69) is 25.0 Å². The van der Waals surface area contributed by atoms with Gasteiger partial charge in [-0.2, -0.15) is 0 Å². The van der Waals surface area contributed by atoms with Crippen molar-refractivity contribution < 1.29 is 13.6 Å². The van der Waals surface area contributed by atoms with E-state index in [4.69, 9.17) is 25.2 Å². The second-order valence-corrected chi connectivity index (χ2v) is 9.05. The topological polar surface area (TPSA) is 92.0 Å². The third-order valence-electron chi connectivity index (χ3n) is 5.29. The molecule has 1 saturated heterocycles. The van der Waals surface area contributed by atoms with Crippen molar-refractivity contribution in [3.63, 3.8) is 0 Å². The van der Waals surface area contributed by atoms with E-state index in [9.17, 15) is 0 Å². The minimum Gasteiger partial charge on any atom is -0.466 e. The molecular weight excluding hydrogens is 450 g/mol. The molecule has 8 nitrogen and oxygen atoms in total. The predicted octanol–water partition coefficient (Wildman–Crippen LogP) is 5.33. The number of hydrogen-bond acceptors (Lipinski definition) is 8. The van der Waals surface area contributed by atoms with E-state index in [-0.39, 0.29) is 6.10 Å². The van der Waals surface area contributed by atoms with Crippen LogP contribution in [0.3, 0.4) is 0 Å². The van der Waals surface area contributed by atoms with Crippen LogP contribution in [0.15, 0.2) is 44.3 Å². The molecule has 1 aliphatic rings. The SMILES string of the molecule is Cc1cc(-c2nnc(CSc3nnc(-c4ccc(Cl)cc4)n3CC3CCCO3)o2)c(C)o1. The number of nitrogens with zero attached hydrogens (tertiary/aromatic N) is 5. The van der Waals surface area contributed by atoms with Gasteiger partial charge in [0.1, 0.15) is 11.5 Å². The normalized spacial score (nSPS) is 16.2. The number of rotatable bonds is 7. The summed E-state index contributed by atoms with van der Waals surface area (Å²) in [6.45, 7) is 5.26. The zero-order valence-electron chi connectivity index (χ0n) is 17.7. The number of aryl methyl sites for hydroxylation is 2. The highest BCUT2D eigenvalue weighted by atomic mass is 35.5. The Hall–Kier alpha value is -2.62. The first kappa shape index (κ1) is 21.2. The molecular formula is C22H22ClN5O3S. The summed E-state index contributed by atoms with van der Waals surface area (Å²) in [5.74, 6) is 3.81. The first-order valence-corrected chi connectivity index (χ1v) is 11.8. The first-order chi connectivity index (χ1) is 15.6. The van der Waals surface area contributed by atoms with Gasteiger partial charge in [-0.15, -0.1) is 20.4 Å². The molecule has 0 amide bonds. The molecule has 32 heavy (non-hydrogen) atoms. The molecule has 4 aromatic rings. The molecule has 10 heteroatoms. The van der Waals surface area contributed by atoms with Gasteiger partial charge in [0.05, 0.1) is 24.0 Å². The van der Waals surface area contributed by atoms with Crippen LogP contribution in [0, 0.1) is 13.8 Å². The third kappa shape index (κ3) is 4.46. The van der Waals surface area contributed by atoms with E-state index in [1.165, 1.54) is 11.8 Å². The van der Waals surface area contributed by atoms with Gasteiger partial charge in [0.2, 0.25) is 5.89 Å². The van der Waals surface area contributed by atoms with E-state index in [1.54, 1.807) is 0 Å². The highest BCUT2D eigenvalue weighted by molar-refractivity contribution is 7.98. The lowest BCUT2D eigenvalue weighted by Gasteiger charge is -2.14. The number of benzene rings is 1. The van der Waals surface area contributed by atoms with Gasteiger partial charge in [0.15, 0.2) is 11.0 Å². The number of furan rings is 1. The van der Waals surface area contributed by atoms with Gasteiger partial charge in [-0.05, 0) is 57.0 Å². The Bertz CT molecular complexity index is 1210. The zero-order valence-corrected chi connectivity index (χ0v) is 19.3. The van der Waals surface area contributed by atoms with Gasteiger partial charge in [-0.25, -0.2) is 0 Å². The summed E-state index contributed by atoms with van der Waals surface area (Å²) < 4.78 is 19.4. The summed E-state index contributed by atoms with van der Waals surface area (Å²) >= 11 is 7.57. The van der Waals surface area contributed by atoms with Crippen LogP contribution >= 0.6 is 23.4 Å². The molecule has 0 radical (unpaired) electrons. The summed E-state index contributed by atoms with van der Waals surface area (Å²) in [4.78, 5) is 0. The number of hydrogen-bond donors (Lipinski definition) is 0. The number of halogens is 1. The third-order valence-corrected chi connectivity index (χ3v) is 6.50. The predicted molar refractivity (Wildman–Crippen MR) is 120 cm³/mol. The average Bonchev–Trinajstić information content (AvgIpc) is 3.56. The first-order valence-electron chi connectivity index (χ1n) is 10.4. The van der Waals surface area contributed by atoms with E-state index < -0.39 is 0 Å². The van der Waals surface area contributed by atoms with Crippen molar-refractivity contribution in [2.75, 3.05) is 6.61 Å². The number of aromatic nitrogens is 5. The molecule has 1 unspecified atom stereocenters. The molecule has 0 bridgehead atoms. The van der Waals surface area contributed by atoms with E-state index in [1.807, 2.05) is 44.2 Å². The molecule has 166 valence electrons. The fourth-order valence-corrected chi connectivity index (χ4v) is 4.67. The Labute approximate surface area is 194 Å². The smallest absolute Gasteiger partial charge is 0.251 e. The van der Waals surface area contributed by atoms with Crippen LogP contribution in [0.4, 0.5) is 0 Å². The Balaban J connectivity index is 1.37. The molecule has 3 aromatic heterocycles. The number of ether oxygens (including phenoxy) is 1. The van der Waals surface area contributed by atoms with Crippen LogP contribution in [0.1, 0.15) is 30.3 Å². The second kappa shape index (κ2) is 9.09. The quantitative estimate of drug-likeness (QED) is 0.334. The van der Waals surface area contributed by atoms with Crippen molar-refractivity contribution in [1.29, 1.82) is 0 Å². The maximum Gasteiger partial charge on any atom is 0.251 e. The zero-order chi connectivity index (χ0) is 22.1. The van der Waals surface area contributed by atoms with E-state index >= 15 is 0 Å². The van der Waals surface area contributed by atoms with Crippen molar-refractivity contribution >= 4 is 23.4 Å². The van der Waals surface area contributed by atoms with Gasteiger partial charge < -0.3 is 13.6 Å². The Kier molecular flexibility index (Phi) is 6.03. The number of thioether (sulfide) groups is 1. The molecule has 4 heterocycles. The lowest BCUT2D eigenvalue weighted by Crippen LogP contribution is -2.16. The van der Waals surface area contributed by atoms with Crippen LogP contribution in [0.25, 0.3) is 22.8 Å². The lowest BCUT2D eigenvalue weighted by molar-refractivity contribution is 0.0953. The lowest BCUT2D eigenvalue weighted by atomic mass is 10.2. The van der Waals surface area contributed by atoms with Gasteiger partial charge in [0, 0.05) is 17.2 Å². The van der Waals surface area contributed by atoms with Crippen molar-refractivity contribution in [3.05, 3.63) is 52.8 Å². The molecule has 1 aliphatic heterocycles. The molecule has 0 saturated carbocycles. The fourth-order valence-electron chi connectivity index (χ4n) is 3.75. The monoisotopic (exact) mass is 471 g/mol. The summed E-state index contributed by atoms with van der Waals surface area (Å²) in [7, 11) is 0. The Morgan fingerprint density at radius 2 is 1.94 bits per heavy atom. The van der Waals surface area contributed by atoms with Crippen LogP contribution in [0.5, 0.6) is 0 Å². The molecule has 1 aromatic carbocycles. The van der Waals surface area contributed by atoms with E-state index in [0.717, 1.165) is 53.1 Å². The maximum absolute atomic E-state index is 6.06. The minimum absolute atomic E-state index is 0.152. The van der Waals surface area contributed by atoms with Gasteiger partial charge >= 0.3 is 0 Å². The van der Waals surface area contributed by atoms with Gasteiger partial charge in [-0.3, -0.25) is 4.57 Å². The summed E-state index contributed by atoms with van der Waals surface area (Å²) in [5.41, 5.74) is 1.77. The van der Waals surface area contributed by atoms with Crippen LogP contribution < -0.4 is 0 Å². The summed E-state index contributed by atoms with van der Waals surface area (Å²) in [6, 6.07) is 9.51. The average molecular weight is 472 g/mol. The Morgan fingerprint density at radius 1 is 1.09 bits per heavy atom. The highest BCUT2D eigenvalue weighted by Gasteiger charge is 2.22. The van der Waals surface area contributed by atoms with Crippen LogP contribution in [0.2, 0.25) is 5.02 Å². The molecule has 0 aliphatic carbocycles. The van der Waals surface area contributed by atoms with Crippen molar-refractivity contribution in [2.45, 2.75) is 50.2 Å². The highest BCUT2D eigenvalue weighted by Crippen LogP contribution is 2.30. The molecule has 1 fully saturated rings. The van der Waals surface area contributed by atoms with Crippen molar-refractivity contribution in [2.24, 2.45) is 0 Å². The summed E-state index contributed by atoms with van der Waals surface area (Å²) in [6.07, 6.45) is 2.25. The summed E-state index contributed by atoms with van der Waals surface area (Å²) in [5, 5.41) is 18.7. The minimum atomic E-state index is 0.152. The second-order valence-electron chi connectivity index (χ2n) is 7.68. The van der Waals surface area contributed by atoms with E-state index in [0.29, 0.717) is 29.1 Å². The molecule has 0 N–H and O–H groups in total. The Morgan fingerprint density at radius 3 is 2.66 bits per heavy atom. The van der Waals surface area contributed by atoms with Crippen molar-refractivity contribution in [1.82, 2.24) is 25.0 Å². The van der Waals surface area contributed by atoms with Crippen LogP contribution in [-0.4, -0.2) is 37.7 Å². The molecule has 1 atom stereocenters. The van der Waals surface area contributed by atoms with Gasteiger partial charge in [0.25, 0.3) is 5.89 Å². The fraction of sp³-hybridized carbons (Fsp3) is 0.364. The van der Waals surface area contributed by atoms with Gasteiger partial charge in [-0.1, -0.05) is 23.4 Å². The molecule has 0 spiro atoms. The standard InChI is InChI=1S/C22H22ClN5O3S/c1-13-10-18(14(2)30-13)21-26-24-19(31-21)12-32-22-27-25-20(15-5-7-16(23)8-6-15)28(22)11-17-4-3-9-29-17/h5-8,10,17H,3-4,9,11-12H2,1-2H3. The molecule has 5 rings (SSSR count). The maximum atomic E-state index is 6.06. The largest absolute Gasteiger partial charge is 0.466 e. The van der Waals surface area contributed by atoms with Crippen LogP contribution in [-0.2, 0) is 17.0 Å².